The van der Waals surface area contributed by atoms with Crippen LogP contribution in [-0.2, 0) is 4.79 Å². The second kappa shape index (κ2) is 9.38. The van der Waals surface area contributed by atoms with E-state index in [4.69, 9.17) is 10.00 Å². The van der Waals surface area contributed by atoms with Crippen molar-refractivity contribution < 1.29 is 19.4 Å². The van der Waals surface area contributed by atoms with Gasteiger partial charge in [0.15, 0.2) is 0 Å². The Labute approximate surface area is 152 Å². The molecular formula is C21H21NO4. The molecule has 0 fully saturated rings. The summed E-state index contributed by atoms with van der Waals surface area (Å²) in [5.41, 5.74) is 1.68. The van der Waals surface area contributed by atoms with Crippen LogP contribution >= 0.6 is 0 Å². The van der Waals surface area contributed by atoms with E-state index in [9.17, 15) is 14.7 Å². The maximum Gasteiger partial charge on any atom is 0.336 e. The predicted molar refractivity (Wildman–Crippen MR) is 97.9 cm³/mol. The zero-order valence-electron chi connectivity index (χ0n) is 14.7. The molecular weight excluding hydrogens is 330 g/mol. The summed E-state index contributed by atoms with van der Waals surface area (Å²) in [4.78, 5) is 23.4. The van der Waals surface area contributed by atoms with Crippen molar-refractivity contribution in [3.8, 4) is 22.9 Å². The summed E-state index contributed by atoms with van der Waals surface area (Å²) < 4.78 is 5.35. The Kier molecular flexibility index (Phi) is 6.92. The van der Waals surface area contributed by atoms with Crippen molar-refractivity contribution in [2.45, 2.75) is 39.0 Å². The number of benzene rings is 2. The molecule has 0 saturated carbocycles. The first kappa shape index (κ1) is 19.2. The van der Waals surface area contributed by atoms with Crippen LogP contribution in [0.25, 0.3) is 11.1 Å². The van der Waals surface area contributed by atoms with Gasteiger partial charge >= 0.3 is 11.9 Å². The minimum Gasteiger partial charge on any atom is -0.478 e. The Morgan fingerprint density at radius 2 is 1.81 bits per heavy atom. The number of carbonyl (C=O) groups excluding carboxylic acids is 1. The van der Waals surface area contributed by atoms with Gasteiger partial charge in [-0.25, -0.2) is 4.79 Å². The second-order valence-corrected chi connectivity index (χ2v) is 5.99. The first-order valence-corrected chi connectivity index (χ1v) is 8.63. The van der Waals surface area contributed by atoms with Crippen molar-refractivity contribution in [1.82, 2.24) is 0 Å². The van der Waals surface area contributed by atoms with E-state index in [2.05, 4.69) is 6.92 Å². The third-order valence-corrected chi connectivity index (χ3v) is 4.01. The molecule has 0 saturated heterocycles. The average molecular weight is 351 g/mol. The number of nitrogens with zero attached hydrogens (tertiary/aromatic N) is 1. The predicted octanol–water partition coefficient (Wildman–Crippen LogP) is 4.80. The molecule has 2 aromatic carbocycles. The number of nitriles is 1. The van der Waals surface area contributed by atoms with E-state index in [1.54, 1.807) is 30.3 Å². The number of carboxylic acid groups (broad SMARTS) is 1. The van der Waals surface area contributed by atoms with Gasteiger partial charge < -0.3 is 9.84 Å². The Bertz CT molecular complexity index is 819. The van der Waals surface area contributed by atoms with E-state index in [-0.39, 0.29) is 11.5 Å². The Morgan fingerprint density at radius 3 is 2.42 bits per heavy atom. The van der Waals surface area contributed by atoms with Gasteiger partial charge in [0.1, 0.15) is 5.75 Å². The number of carboxylic acids is 1. The molecule has 2 rings (SSSR count). The van der Waals surface area contributed by atoms with Gasteiger partial charge in [0.05, 0.1) is 17.2 Å². The summed E-state index contributed by atoms with van der Waals surface area (Å²) in [6.45, 7) is 2.10. The SMILES string of the molecule is CCCCCCC(=O)Oc1ccc(C(=O)O)c(-c2ccc(C#N)cc2)c1. The number of carbonyl (C=O) groups is 2. The second-order valence-electron chi connectivity index (χ2n) is 5.99. The minimum absolute atomic E-state index is 0.109. The number of aromatic carboxylic acids is 1. The molecule has 0 aliphatic carbocycles. The summed E-state index contributed by atoms with van der Waals surface area (Å²) in [6.07, 6.45) is 4.29. The number of esters is 1. The summed E-state index contributed by atoms with van der Waals surface area (Å²) in [5, 5.41) is 18.3. The summed E-state index contributed by atoms with van der Waals surface area (Å²) in [5.74, 6) is -1.08. The molecule has 134 valence electrons. The standard InChI is InChI=1S/C21H21NO4/c1-2-3-4-5-6-20(23)26-17-11-12-18(21(24)25)19(13-17)16-9-7-15(14-22)8-10-16/h7-13H,2-6H2,1H3,(H,24,25). The maximum atomic E-state index is 12.0. The van der Waals surface area contributed by atoms with Gasteiger partial charge in [-0.2, -0.15) is 5.26 Å². The zero-order chi connectivity index (χ0) is 18.9. The monoisotopic (exact) mass is 351 g/mol. The van der Waals surface area contributed by atoms with Gasteiger partial charge in [0.25, 0.3) is 0 Å². The molecule has 0 bridgehead atoms. The highest BCUT2D eigenvalue weighted by Gasteiger charge is 2.14. The fourth-order valence-corrected chi connectivity index (χ4v) is 2.62. The smallest absolute Gasteiger partial charge is 0.336 e. The number of rotatable bonds is 8. The van der Waals surface area contributed by atoms with Crippen molar-refractivity contribution >= 4 is 11.9 Å². The summed E-state index contributed by atoms with van der Waals surface area (Å²) in [6, 6.07) is 13.1. The number of unbranched alkanes of at least 4 members (excludes halogenated alkanes) is 3. The molecule has 1 N–H and O–H groups in total. The van der Waals surface area contributed by atoms with Crippen LogP contribution in [0.3, 0.4) is 0 Å². The largest absolute Gasteiger partial charge is 0.478 e. The van der Waals surface area contributed by atoms with Crippen LogP contribution in [0, 0.1) is 11.3 Å². The van der Waals surface area contributed by atoms with Crippen LogP contribution in [-0.4, -0.2) is 17.0 Å². The number of ether oxygens (including phenoxy) is 1. The van der Waals surface area contributed by atoms with E-state index >= 15 is 0 Å². The molecule has 0 heterocycles. The van der Waals surface area contributed by atoms with E-state index < -0.39 is 5.97 Å². The van der Waals surface area contributed by atoms with Gasteiger partial charge in [0.2, 0.25) is 0 Å². The number of hydrogen-bond acceptors (Lipinski definition) is 4. The fourth-order valence-electron chi connectivity index (χ4n) is 2.62. The molecule has 0 amide bonds. The first-order chi connectivity index (χ1) is 12.5. The van der Waals surface area contributed by atoms with Gasteiger partial charge in [-0.3, -0.25) is 4.79 Å². The lowest BCUT2D eigenvalue weighted by atomic mass is 9.98. The van der Waals surface area contributed by atoms with Gasteiger partial charge in [-0.1, -0.05) is 38.3 Å². The quantitative estimate of drug-likeness (QED) is 0.419. The highest BCUT2D eigenvalue weighted by molar-refractivity contribution is 5.96. The molecule has 5 heteroatoms. The van der Waals surface area contributed by atoms with Crippen LogP contribution < -0.4 is 4.74 Å². The normalized spacial score (nSPS) is 10.2. The van der Waals surface area contributed by atoms with E-state index in [0.29, 0.717) is 28.9 Å². The highest BCUT2D eigenvalue weighted by Crippen LogP contribution is 2.29. The topological polar surface area (TPSA) is 87.4 Å². The molecule has 0 radical (unpaired) electrons. The van der Waals surface area contributed by atoms with Crippen LogP contribution in [0.2, 0.25) is 0 Å². The molecule has 26 heavy (non-hydrogen) atoms. The molecule has 0 aliphatic heterocycles. The van der Waals surface area contributed by atoms with Gasteiger partial charge in [0, 0.05) is 6.42 Å². The van der Waals surface area contributed by atoms with E-state index in [1.807, 2.05) is 6.07 Å². The van der Waals surface area contributed by atoms with Crippen LogP contribution in [0.5, 0.6) is 5.75 Å². The van der Waals surface area contributed by atoms with Gasteiger partial charge in [-0.05, 0) is 47.9 Å². The Balaban J connectivity index is 2.21. The fraction of sp³-hybridized carbons (Fsp3) is 0.286. The Hall–Kier alpha value is -3.13. The van der Waals surface area contributed by atoms with Crippen molar-refractivity contribution in [3.05, 3.63) is 53.6 Å². The number of hydrogen-bond donors (Lipinski definition) is 1. The van der Waals surface area contributed by atoms with E-state index in [0.717, 1.165) is 25.7 Å². The zero-order valence-corrected chi connectivity index (χ0v) is 14.7. The first-order valence-electron chi connectivity index (χ1n) is 8.63. The van der Waals surface area contributed by atoms with Crippen molar-refractivity contribution in [3.63, 3.8) is 0 Å². The van der Waals surface area contributed by atoms with Crippen molar-refractivity contribution in [2.75, 3.05) is 0 Å². The molecule has 2 aromatic rings. The third kappa shape index (κ3) is 5.18. The molecule has 5 nitrogen and oxygen atoms in total. The minimum atomic E-state index is -1.07. The molecule has 0 unspecified atom stereocenters. The van der Waals surface area contributed by atoms with Crippen molar-refractivity contribution in [1.29, 1.82) is 5.26 Å². The van der Waals surface area contributed by atoms with Crippen LogP contribution in [0.4, 0.5) is 0 Å². The van der Waals surface area contributed by atoms with Gasteiger partial charge in [-0.15, -0.1) is 0 Å². The molecule has 0 atom stereocenters. The lowest BCUT2D eigenvalue weighted by Crippen LogP contribution is -2.08. The molecule has 0 aliphatic rings. The highest BCUT2D eigenvalue weighted by atomic mass is 16.5. The van der Waals surface area contributed by atoms with Crippen molar-refractivity contribution in [2.24, 2.45) is 0 Å². The average Bonchev–Trinajstić information content (AvgIpc) is 2.65. The Morgan fingerprint density at radius 1 is 1.08 bits per heavy atom. The molecule has 0 aromatic heterocycles. The maximum absolute atomic E-state index is 12.0. The lowest BCUT2D eigenvalue weighted by Gasteiger charge is -2.10. The van der Waals surface area contributed by atoms with Crippen LogP contribution in [0.1, 0.15) is 54.9 Å². The summed E-state index contributed by atoms with van der Waals surface area (Å²) in [7, 11) is 0. The summed E-state index contributed by atoms with van der Waals surface area (Å²) >= 11 is 0. The van der Waals surface area contributed by atoms with E-state index in [1.165, 1.54) is 12.1 Å². The third-order valence-electron chi connectivity index (χ3n) is 4.01. The molecule has 0 spiro atoms. The van der Waals surface area contributed by atoms with Crippen LogP contribution in [0.15, 0.2) is 42.5 Å². The lowest BCUT2D eigenvalue weighted by molar-refractivity contribution is -0.134.